The maximum absolute atomic E-state index is 12.3. The van der Waals surface area contributed by atoms with E-state index < -0.39 is 5.91 Å². The Morgan fingerprint density at radius 2 is 2.18 bits per heavy atom. The van der Waals surface area contributed by atoms with Crippen LogP contribution in [0, 0.1) is 6.92 Å². The minimum Gasteiger partial charge on any atom is -0.364 e. The van der Waals surface area contributed by atoms with Gasteiger partial charge in [0, 0.05) is 19.5 Å². The minimum atomic E-state index is -0.507. The van der Waals surface area contributed by atoms with Crippen LogP contribution in [-0.4, -0.2) is 53.0 Å². The molecule has 0 unspecified atom stereocenters. The molecule has 1 aliphatic heterocycles. The minimum absolute atomic E-state index is 0.00442. The van der Waals surface area contributed by atoms with Crippen LogP contribution in [0.2, 0.25) is 0 Å². The second kappa shape index (κ2) is 5.54. The highest BCUT2D eigenvalue weighted by molar-refractivity contribution is 5.91. The van der Waals surface area contributed by atoms with Crippen molar-refractivity contribution in [2.75, 3.05) is 6.54 Å². The standard InChI is InChI=1S/C12H16N8O2/c1-8-15-16-17-20(8)3-2-11(21)18-4-5-19-9(12(13)22)6-14-10(19)7-18/h6H,2-5,7H2,1H3,(H2,13,22). The number of imidazole rings is 1. The van der Waals surface area contributed by atoms with Gasteiger partial charge in [-0.15, -0.1) is 5.10 Å². The highest BCUT2D eigenvalue weighted by Crippen LogP contribution is 2.15. The number of rotatable bonds is 4. The number of carbonyl (C=O) groups is 2. The van der Waals surface area contributed by atoms with Crippen LogP contribution in [0.1, 0.15) is 28.6 Å². The summed E-state index contributed by atoms with van der Waals surface area (Å²) in [5.41, 5.74) is 5.67. The number of aromatic nitrogens is 6. The number of tetrazole rings is 1. The molecule has 116 valence electrons. The number of nitrogens with zero attached hydrogens (tertiary/aromatic N) is 7. The number of amides is 2. The van der Waals surface area contributed by atoms with Gasteiger partial charge in [-0.25, -0.2) is 9.67 Å². The number of primary amides is 1. The molecule has 0 bridgehead atoms. The smallest absolute Gasteiger partial charge is 0.266 e. The maximum Gasteiger partial charge on any atom is 0.266 e. The van der Waals surface area contributed by atoms with Crippen LogP contribution in [-0.2, 0) is 24.4 Å². The molecule has 0 saturated heterocycles. The number of hydrogen-bond acceptors (Lipinski definition) is 6. The molecule has 0 radical (unpaired) electrons. The molecule has 0 atom stereocenters. The summed E-state index contributed by atoms with van der Waals surface area (Å²) in [6.45, 7) is 3.64. The van der Waals surface area contributed by atoms with Crippen molar-refractivity contribution in [3.63, 3.8) is 0 Å². The van der Waals surface area contributed by atoms with E-state index in [9.17, 15) is 9.59 Å². The molecule has 2 aromatic rings. The number of carbonyl (C=O) groups excluding carboxylic acids is 2. The summed E-state index contributed by atoms with van der Waals surface area (Å²) in [5.74, 6) is 0.845. The van der Waals surface area contributed by atoms with Crippen LogP contribution in [0.4, 0.5) is 0 Å². The lowest BCUT2D eigenvalue weighted by molar-refractivity contribution is -0.133. The molecular formula is C12H16N8O2. The zero-order chi connectivity index (χ0) is 15.7. The Balaban J connectivity index is 1.63. The third-order valence-electron chi connectivity index (χ3n) is 3.72. The third kappa shape index (κ3) is 2.54. The van der Waals surface area contributed by atoms with Crippen molar-refractivity contribution in [3.05, 3.63) is 23.5 Å². The molecule has 2 amide bonds. The van der Waals surface area contributed by atoms with Gasteiger partial charge < -0.3 is 15.2 Å². The summed E-state index contributed by atoms with van der Waals surface area (Å²) < 4.78 is 3.35. The predicted octanol–water partition coefficient (Wildman–Crippen LogP) is -1.29. The molecule has 10 nitrogen and oxygen atoms in total. The molecule has 3 rings (SSSR count). The summed E-state index contributed by atoms with van der Waals surface area (Å²) in [7, 11) is 0. The molecule has 0 saturated carbocycles. The molecule has 3 heterocycles. The first-order valence-electron chi connectivity index (χ1n) is 6.91. The Kier molecular flexibility index (Phi) is 3.57. The molecule has 22 heavy (non-hydrogen) atoms. The lowest BCUT2D eigenvalue weighted by Crippen LogP contribution is -2.39. The van der Waals surface area contributed by atoms with Crippen molar-refractivity contribution >= 4 is 11.8 Å². The van der Waals surface area contributed by atoms with Crippen LogP contribution in [0.5, 0.6) is 0 Å². The van der Waals surface area contributed by atoms with Crippen LogP contribution < -0.4 is 5.73 Å². The largest absolute Gasteiger partial charge is 0.364 e. The van der Waals surface area contributed by atoms with Crippen molar-refractivity contribution in [2.24, 2.45) is 5.73 Å². The van der Waals surface area contributed by atoms with Gasteiger partial charge in [0.1, 0.15) is 17.3 Å². The predicted molar refractivity (Wildman–Crippen MR) is 73.3 cm³/mol. The zero-order valence-corrected chi connectivity index (χ0v) is 12.1. The summed E-state index contributed by atoms with van der Waals surface area (Å²) in [6, 6.07) is 0. The molecule has 0 fully saturated rings. The Morgan fingerprint density at radius 1 is 1.36 bits per heavy atom. The topological polar surface area (TPSA) is 125 Å². The van der Waals surface area contributed by atoms with Crippen molar-refractivity contribution in [1.29, 1.82) is 0 Å². The lowest BCUT2D eigenvalue weighted by Gasteiger charge is -2.28. The number of nitrogens with two attached hydrogens (primary N) is 1. The number of fused-ring (bicyclic) bond motifs is 1. The third-order valence-corrected chi connectivity index (χ3v) is 3.72. The van der Waals surface area contributed by atoms with Gasteiger partial charge in [0.05, 0.1) is 19.3 Å². The van der Waals surface area contributed by atoms with E-state index in [0.717, 1.165) is 0 Å². The summed E-state index contributed by atoms with van der Waals surface area (Å²) in [6.07, 6.45) is 1.77. The quantitative estimate of drug-likeness (QED) is 0.749. The molecule has 2 aromatic heterocycles. The molecule has 2 N–H and O–H groups in total. The van der Waals surface area contributed by atoms with E-state index in [1.165, 1.54) is 6.20 Å². The second-order valence-corrected chi connectivity index (χ2v) is 5.09. The highest BCUT2D eigenvalue weighted by atomic mass is 16.2. The Bertz CT molecular complexity index is 719. The van der Waals surface area contributed by atoms with Crippen LogP contribution in [0.3, 0.4) is 0 Å². The van der Waals surface area contributed by atoms with Gasteiger partial charge in [0.15, 0.2) is 0 Å². The average Bonchev–Trinajstić information content (AvgIpc) is 3.10. The van der Waals surface area contributed by atoms with Crippen LogP contribution in [0.25, 0.3) is 0 Å². The van der Waals surface area contributed by atoms with E-state index in [1.54, 1.807) is 21.1 Å². The van der Waals surface area contributed by atoms with Crippen molar-refractivity contribution < 1.29 is 9.59 Å². The van der Waals surface area contributed by atoms with Crippen molar-refractivity contribution in [3.8, 4) is 0 Å². The highest BCUT2D eigenvalue weighted by Gasteiger charge is 2.24. The molecule has 10 heteroatoms. The summed E-state index contributed by atoms with van der Waals surface area (Å²) in [5, 5.41) is 11.1. The first-order chi connectivity index (χ1) is 10.6. The molecule has 0 aliphatic carbocycles. The first-order valence-corrected chi connectivity index (χ1v) is 6.91. The Labute approximate surface area is 125 Å². The van der Waals surface area contributed by atoms with Gasteiger partial charge in [0.25, 0.3) is 5.91 Å². The SMILES string of the molecule is Cc1nnnn1CCC(=O)N1CCn2c(C(N)=O)cnc2C1. The van der Waals surface area contributed by atoms with Crippen molar-refractivity contribution in [1.82, 2.24) is 34.7 Å². The van der Waals surface area contributed by atoms with Gasteiger partial charge in [-0.3, -0.25) is 9.59 Å². The normalized spacial score (nSPS) is 14.0. The number of hydrogen-bond donors (Lipinski definition) is 1. The van der Waals surface area contributed by atoms with E-state index in [0.29, 0.717) is 49.9 Å². The fraction of sp³-hybridized carbons (Fsp3) is 0.500. The number of aryl methyl sites for hydroxylation is 2. The van der Waals surface area contributed by atoms with Gasteiger partial charge in [-0.05, 0) is 17.4 Å². The first kappa shape index (κ1) is 14.2. The second-order valence-electron chi connectivity index (χ2n) is 5.09. The van der Waals surface area contributed by atoms with Gasteiger partial charge >= 0.3 is 0 Å². The lowest BCUT2D eigenvalue weighted by atomic mass is 10.3. The van der Waals surface area contributed by atoms with Gasteiger partial charge in [0.2, 0.25) is 5.91 Å². The summed E-state index contributed by atoms with van der Waals surface area (Å²) >= 11 is 0. The fourth-order valence-electron chi connectivity index (χ4n) is 2.49. The van der Waals surface area contributed by atoms with E-state index in [-0.39, 0.29) is 5.91 Å². The van der Waals surface area contributed by atoms with E-state index in [1.807, 2.05) is 0 Å². The van der Waals surface area contributed by atoms with Gasteiger partial charge in [-0.2, -0.15) is 0 Å². The van der Waals surface area contributed by atoms with E-state index >= 15 is 0 Å². The monoisotopic (exact) mass is 304 g/mol. The van der Waals surface area contributed by atoms with Gasteiger partial charge in [-0.1, -0.05) is 0 Å². The summed E-state index contributed by atoms with van der Waals surface area (Å²) in [4.78, 5) is 29.4. The van der Waals surface area contributed by atoms with Crippen LogP contribution in [0.15, 0.2) is 6.20 Å². The molecule has 1 aliphatic rings. The van der Waals surface area contributed by atoms with Crippen molar-refractivity contribution in [2.45, 2.75) is 33.0 Å². The van der Waals surface area contributed by atoms with E-state index in [4.69, 9.17) is 5.73 Å². The van der Waals surface area contributed by atoms with Crippen LogP contribution >= 0.6 is 0 Å². The zero-order valence-electron chi connectivity index (χ0n) is 12.1. The molecular weight excluding hydrogens is 288 g/mol. The fourth-order valence-corrected chi connectivity index (χ4v) is 2.49. The van der Waals surface area contributed by atoms with E-state index in [2.05, 4.69) is 20.5 Å². The average molecular weight is 304 g/mol. The molecule has 0 aromatic carbocycles. The maximum atomic E-state index is 12.3. The molecule has 0 spiro atoms. The Morgan fingerprint density at radius 3 is 2.86 bits per heavy atom. The Hall–Kier alpha value is -2.78.